The van der Waals surface area contributed by atoms with E-state index in [1.807, 2.05) is 30.3 Å². The second-order valence-electron chi connectivity index (χ2n) is 4.35. The summed E-state index contributed by atoms with van der Waals surface area (Å²) < 4.78 is 5.58. The summed E-state index contributed by atoms with van der Waals surface area (Å²) in [6.45, 7) is 0.589. The smallest absolute Gasteiger partial charge is 0.268 e. The molecule has 1 aliphatic heterocycles. The molecule has 0 fully saturated rings. The molecule has 5 heteroatoms. The number of para-hydroxylation sites is 1. The van der Waals surface area contributed by atoms with Gasteiger partial charge < -0.3 is 9.72 Å². The maximum Gasteiger partial charge on any atom is 0.268 e. The highest BCUT2D eigenvalue weighted by Crippen LogP contribution is 2.35. The Hall–Kier alpha value is -2.61. The Balaban J connectivity index is 2.07. The molecule has 0 saturated heterocycles. The molecule has 19 heavy (non-hydrogen) atoms. The number of hydrogen-bond donors (Lipinski definition) is 1. The van der Waals surface area contributed by atoms with E-state index in [0.29, 0.717) is 12.4 Å². The molecule has 0 saturated carbocycles. The Kier molecular flexibility index (Phi) is 2.76. The molecule has 1 aromatic carbocycles. The summed E-state index contributed by atoms with van der Waals surface area (Å²) in [7, 11) is 0. The summed E-state index contributed by atoms with van der Waals surface area (Å²) in [5.74, 6) is 1.41. The van der Waals surface area contributed by atoms with Gasteiger partial charge in [0.05, 0.1) is 12.8 Å². The number of rotatable bonds is 1. The fraction of sp³-hybridized carbons (Fsp3) is 0.214. The first kappa shape index (κ1) is 11.5. The Morgan fingerprint density at radius 1 is 1.42 bits per heavy atom. The molecule has 2 aromatic rings. The SMILES string of the molecule is N#Cc1cnc(C2CCOc3ccccc32)[nH]c1=O. The summed E-state index contributed by atoms with van der Waals surface area (Å²) in [6.07, 6.45) is 2.08. The zero-order valence-corrected chi connectivity index (χ0v) is 10.1. The van der Waals surface area contributed by atoms with Crippen LogP contribution in [0, 0.1) is 11.3 Å². The van der Waals surface area contributed by atoms with Gasteiger partial charge in [0, 0.05) is 11.5 Å². The largest absolute Gasteiger partial charge is 0.493 e. The third-order valence-electron chi connectivity index (χ3n) is 3.23. The first-order chi connectivity index (χ1) is 9.29. The normalized spacial score (nSPS) is 17.1. The first-order valence-electron chi connectivity index (χ1n) is 6.00. The number of nitrogens with zero attached hydrogens (tertiary/aromatic N) is 2. The van der Waals surface area contributed by atoms with Gasteiger partial charge in [-0.15, -0.1) is 0 Å². The Morgan fingerprint density at radius 3 is 3.05 bits per heavy atom. The van der Waals surface area contributed by atoms with Gasteiger partial charge in [-0.25, -0.2) is 4.98 Å². The third-order valence-corrected chi connectivity index (χ3v) is 3.23. The lowest BCUT2D eigenvalue weighted by molar-refractivity contribution is 0.274. The first-order valence-corrected chi connectivity index (χ1v) is 6.00. The van der Waals surface area contributed by atoms with E-state index < -0.39 is 5.56 Å². The van der Waals surface area contributed by atoms with Crippen LogP contribution in [0.3, 0.4) is 0 Å². The number of nitrogens with one attached hydrogen (secondary N) is 1. The van der Waals surface area contributed by atoms with Crippen molar-refractivity contribution in [2.24, 2.45) is 0 Å². The standard InChI is InChI=1S/C14H11N3O2/c15-7-9-8-16-13(17-14(9)18)11-5-6-19-12-4-2-1-3-10(11)12/h1-4,8,11H,5-6H2,(H,16,17,18). The lowest BCUT2D eigenvalue weighted by atomic mass is 9.92. The van der Waals surface area contributed by atoms with Gasteiger partial charge in [-0.3, -0.25) is 4.79 Å². The zero-order valence-electron chi connectivity index (χ0n) is 10.1. The van der Waals surface area contributed by atoms with E-state index in [1.165, 1.54) is 6.20 Å². The van der Waals surface area contributed by atoms with Gasteiger partial charge in [0.25, 0.3) is 5.56 Å². The van der Waals surface area contributed by atoms with Gasteiger partial charge in [-0.1, -0.05) is 18.2 Å². The molecule has 0 spiro atoms. The minimum absolute atomic E-state index is 0.00499. The average molecular weight is 253 g/mol. The van der Waals surface area contributed by atoms with Crippen molar-refractivity contribution in [1.29, 1.82) is 5.26 Å². The number of hydrogen-bond acceptors (Lipinski definition) is 4. The quantitative estimate of drug-likeness (QED) is 0.836. The summed E-state index contributed by atoms with van der Waals surface area (Å²) in [4.78, 5) is 18.6. The van der Waals surface area contributed by atoms with Crippen molar-refractivity contribution in [3.05, 3.63) is 57.8 Å². The number of H-pyrrole nitrogens is 1. The van der Waals surface area contributed by atoms with Gasteiger partial charge in [-0.05, 0) is 12.5 Å². The van der Waals surface area contributed by atoms with E-state index in [9.17, 15) is 4.79 Å². The van der Waals surface area contributed by atoms with E-state index in [1.54, 1.807) is 0 Å². The highest BCUT2D eigenvalue weighted by Gasteiger charge is 2.24. The number of nitriles is 1. The molecule has 0 radical (unpaired) electrons. The summed E-state index contributed by atoms with van der Waals surface area (Å²) >= 11 is 0. The van der Waals surface area contributed by atoms with Crippen LogP contribution in [0.5, 0.6) is 5.75 Å². The second kappa shape index (κ2) is 4.58. The van der Waals surface area contributed by atoms with Gasteiger partial charge in [0.15, 0.2) is 0 Å². The molecule has 94 valence electrons. The topological polar surface area (TPSA) is 78.8 Å². The van der Waals surface area contributed by atoms with Crippen LogP contribution in [0.4, 0.5) is 0 Å². The summed E-state index contributed by atoms with van der Waals surface area (Å²) in [5, 5.41) is 8.75. The van der Waals surface area contributed by atoms with Crippen molar-refractivity contribution in [3.63, 3.8) is 0 Å². The number of aromatic amines is 1. The molecule has 1 N–H and O–H groups in total. The second-order valence-corrected chi connectivity index (χ2v) is 4.35. The summed E-state index contributed by atoms with van der Waals surface area (Å²) in [6, 6.07) is 9.53. The monoisotopic (exact) mass is 253 g/mol. The molecule has 1 unspecified atom stereocenters. The van der Waals surface area contributed by atoms with Crippen LogP contribution in [-0.2, 0) is 0 Å². The lowest BCUT2D eigenvalue weighted by Gasteiger charge is -2.24. The van der Waals surface area contributed by atoms with Gasteiger partial charge in [-0.2, -0.15) is 5.26 Å². The highest BCUT2D eigenvalue weighted by molar-refractivity contribution is 5.41. The minimum atomic E-state index is -0.392. The van der Waals surface area contributed by atoms with Crippen molar-refractivity contribution in [2.45, 2.75) is 12.3 Å². The third kappa shape index (κ3) is 1.97. The van der Waals surface area contributed by atoms with Crippen LogP contribution < -0.4 is 10.3 Å². The molecule has 1 atom stereocenters. The fourth-order valence-electron chi connectivity index (χ4n) is 2.29. The summed E-state index contributed by atoms with van der Waals surface area (Å²) in [5.41, 5.74) is 0.655. The van der Waals surface area contributed by atoms with Crippen LogP contribution in [0.25, 0.3) is 0 Å². The predicted molar refractivity (Wildman–Crippen MR) is 68.0 cm³/mol. The minimum Gasteiger partial charge on any atom is -0.493 e. The average Bonchev–Trinajstić information content (AvgIpc) is 2.46. The predicted octanol–water partition coefficient (Wildman–Crippen LogP) is 1.56. The molecule has 1 aromatic heterocycles. The molecule has 1 aliphatic rings. The molecule has 3 rings (SSSR count). The van der Waals surface area contributed by atoms with Crippen LogP contribution >= 0.6 is 0 Å². The Morgan fingerprint density at radius 2 is 2.26 bits per heavy atom. The van der Waals surface area contributed by atoms with E-state index in [0.717, 1.165) is 17.7 Å². The van der Waals surface area contributed by atoms with Crippen LogP contribution in [0.1, 0.15) is 29.3 Å². The fourth-order valence-corrected chi connectivity index (χ4v) is 2.29. The molecule has 5 nitrogen and oxygen atoms in total. The zero-order chi connectivity index (χ0) is 13.2. The maximum atomic E-state index is 11.7. The van der Waals surface area contributed by atoms with Crippen molar-refractivity contribution < 1.29 is 4.74 Å². The number of benzene rings is 1. The van der Waals surface area contributed by atoms with Crippen molar-refractivity contribution in [1.82, 2.24) is 9.97 Å². The molecular weight excluding hydrogens is 242 g/mol. The van der Waals surface area contributed by atoms with Crippen molar-refractivity contribution in [3.8, 4) is 11.8 Å². The lowest BCUT2D eigenvalue weighted by Crippen LogP contribution is -2.21. The Labute approximate surface area is 109 Å². The van der Waals surface area contributed by atoms with E-state index in [2.05, 4.69) is 9.97 Å². The van der Waals surface area contributed by atoms with Crippen molar-refractivity contribution >= 4 is 0 Å². The molecule has 0 amide bonds. The molecule has 0 bridgehead atoms. The number of aromatic nitrogens is 2. The van der Waals surface area contributed by atoms with E-state index in [4.69, 9.17) is 10.00 Å². The van der Waals surface area contributed by atoms with Gasteiger partial charge >= 0.3 is 0 Å². The van der Waals surface area contributed by atoms with Crippen LogP contribution in [0.2, 0.25) is 0 Å². The maximum absolute atomic E-state index is 11.7. The van der Waals surface area contributed by atoms with Gasteiger partial charge in [0.2, 0.25) is 0 Å². The van der Waals surface area contributed by atoms with E-state index in [-0.39, 0.29) is 11.5 Å². The van der Waals surface area contributed by atoms with Crippen LogP contribution in [-0.4, -0.2) is 16.6 Å². The molecule has 0 aliphatic carbocycles. The van der Waals surface area contributed by atoms with Crippen molar-refractivity contribution in [2.75, 3.05) is 6.61 Å². The molecule has 2 heterocycles. The highest BCUT2D eigenvalue weighted by atomic mass is 16.5. The number of ether oxygens (including phenoxy) is 1. The Bertz CT molecular complexity index is 715. The van der Waals surface area contributed by atoms with Crippen LogP contribution in [0.15, 0.2) is 35.3 Å². The number of fused-ring (bicyclic) bond motifs is 1. The molecular formula is C14H11N3O2. The van der Waals surface area contributed by atoms with E-state index >= 15 is 0 Å². The van der Waals surface area contributed by atoms with Gasteiger partial charge in [0.1, 0.15) is 23.2 Å².